The van der Waals surface area contributed by atoms with Gasteiger partial charge in [0.15, 0.2) is 11.5 Å². The molecule has 0 spiro atoms. The number of aromatic nitrogens is 3. The van der Waals surface area contributed by atoms with Gasteiger partial charge in [0.05, 0.1) is 6.04 Å². The van der Waals surface area contributed by atoms with Crippen LogP contribution in [0, 0.1) is 11.8 Å². The van der Waals surface area contributed by atoms with Crippen molar-refractivity contribution in [2.24, 2.45) is 17.6 Å². The van der Waals surface area contributed by atoms with Crippen LogP contribution in [0.25, 0.3) is 5.65 Å². The van der Waals surface area contributed by atoms with Gasteiger partial charge in [0.1, 0.15) is 0 Å². The summed E-state index contributed by atoms with van der Waals surface area (Å²) in [5.41, 5.74) is 6.54. The van der Waals surface area contributed by atoms with Crippen LogP contribution in [0.3, 0.4) is 0 Å². The van der Waals surface area contributed by atoms with Crippen LogP contribution >= 0.6 is 24.8 Å². The van der Waals surface area contributed by atoms with Crippen LogP contribution in [0.4, 0.5) is 0 Å². The Kier molecular flexibility index (Phi) is 7.25. The zero-order valence-electron chi connectivity index (χ0n) is 13.0. The number of hydrogen-bond donors (Lipinski definition) is 2. The maximum atomic E-state index is 12.4. The van der Waals surface area contributed by atoms with E-state index in [1.54, 1.807) is 0 Å². The van der Waals surface area contributed by atoms with E-state index < -0.39 is 0 Å². The maximum absolute atomic E-state index is 12.4. The summed E-state index contributed by atoms with van der Waals surface area (Å²) in [5.74, 6) is 1.19. The van der Waals surface area contributed by atoms with Crippen LogP contribution < -0.4 is 11.1 Å². The van der Waals surface area contributed by atoms with Crippen LogP contribution in [0.5, 0.6) is 0 Å². The Hall–Kier alpha value is -1.37. The maximum Gasteiger partial charge on any atom is 0.224 e. The van der Waals surface area contributed by atoms with E-state index in [4.69, 9.17) is 5.73 Å². The Balaban J connectivity index is 0.00000132. The number of hydrogen-bond acceptors (Lipinski definition) is 4. The van der Waals surface area contributed by atoms with Crippen LogP contribution in [-0.4, -0.2) is 27.0 Å². The second-order valence-electron chi connectivity index (χ2n) is 5.75. The first-order chi connectivity index (χ1) is 10.2. The predicted molar refractivity (Wildman–Crippen MR) is 93.9 cm³/mol. The van der Waals surface area contributed by atoms with E-state index in [-0.39, 0.29) is 42.7 Å². The van der Waals surface area contributed by atoms with E-state index in [0.717, 1.165) is 30.7 Å². The van der Waals surface area contributed by atoms with Gasteiger partial charge in [-0.15, -0.1) is 35.0 Å². The third kappa shape index (κ3) is 3.94. The second kappa shape index (κ2) is 8.47. The summed E-state index contributed by atoms with van der Waals surface area (Å²) in [6, 6.07) is 5.57. The van der Waals surface area contributed by atoms with Crippen molar-refractivity contribution < 1.29 is 4.79 Å². The lowest BCUT2D eigenvalue weighted by molar-refractivity contribution is -0.126. The lowest BCUT2D eigenvalue weighted by Gasteiger charge is -2.20. The lowest BCUT2D eigenvalue weighted by Crippen LogP contribution is -2.37. The highest BCUT2D eigenvalue weighted by Crippen LogP contribution is 2.31. The van der Waals surface area contributed by atoms with Gasteiger partial charge >= 0.3 is 0 Å². The lowest BCUT2D eigenvalue weighted by atomic mass is 9.95. The minimum absolute atomic E-state index is 0. The first kappa shape index (κ1) is 19.7. The molecule has 2 heterocycles. The molecule has 8 heteroatoms. The molecule has 2 aromatic heterocycles. The van der Waals surface area contributed by atoms with Crippen molar-refractivity contribution in [2.45, 2.75) is 32.2 Å². The minimum atomic E-state index is -0.172. The fourth-order valence-electron chi connectivity index (χ4n) is 3.20. The van der Waals surface area contributed by atoms with Crippen molar-refractivity contribution in [1.29, 1.82) is 0 Å². The topological polar surface area (TPSA) is 85.3 Å². The van der Waals surface area contributed by atoms with Gasteiger partial charge in [-0.05, 0) is 44.4 Å². The fraction of sp³-hybridized carbons (Fsp3) is 0.533. The number of nitrogens with zero attached hydrogens (tertiary/aromatic N) is 3. The van der Waals surface area contributed by atoms with Gasteiger partial charge in [-0.25, -0.2) is 0 Å². The van der Waals surface area contributed by atoms with Crippen LogP contribution in [0.1, 0.15) is 38.1 Å². The highest BCUT2D eigenvalue weighted by atomic mass is 35.5. The quantitative estimate of drug-likeness (QED) is 0.875. The predicted octanol–water partition coefficient (Wildman–Crippen LogP) is 2.13. The average molecular weight is 360 g/mol. The Labute approximate surface area is 148 Å². The summed E-state index contributed by atoms with van der Waals surface area (Å²) in [5, 5.41) is 11.4. The van der Waals surface area contributed by atoms with E-state index >= 15 is 0 Å². The van der Waals surface area contributed by atoms with E-state index in [0.29, 0.717) is 12.5 Å². The van der Waals surface area contributed by atoms with Gasteiger partial charge in [-0.2, -0.15) is 0 Å². The number of pyridine rings is 1. The molecule has 3 N–H and O–H groups in total. The summed E-state index contributed by atoms with van der Waals surface area (Å²) in [4.78, 5) is 12.4. The Morgan fingerprint density at radius 3 is 2.91 bits per heavy atom. The molecule has 2 aromatic rings. The summed E-state index contributed by atoms with van der Waals surface area (Å²) in [7, 11) is 0. The van der Waals surface area contributed by atoms with Gasteiger partial charge in [0.2, 0.25) is 5.91 Å². The van der Waals surface area contributed by atoms with E-state index in [1.807, 2.05) is 35.7 Å². The van der Waals surface area contributed by atoms with Crippen LogP contribution in [-0.2, 0) is 4.79 Å². The third-order valence-corrected chi connectivity index (χ3v) is 4.38. The van der Waals surface area contributed by atoms with E-state index in [2.05, 4.69) is 15.5 Å². The normalized spacial score (nSPS) is 21.3. The van der Waals surface area contributed by atoms with Gasteiger partial charge < -0.3 is 11.1 Å². The first-order valence-corrected chi connectivity index (χ1v) is 7.51. The Morgan fingerprint density at radius 1 is 1.39 bits per heavy atom. The molecule has 0 aliphatic heterocycles. The zero-order valence-corrected chi connectivity index (χ0v) is 14.6. The van der Waals surface area contributed by atoms with Crippen molar-refractivity contribution in [3.63, 3.8) is 0 Å². The molecule has 0 saturated heterocycles. The Morgan fingerprint density at radius 2 is 2.17 bits per heavy atom. The molecule has 1 amide bonds. The van der Waals surface area contributed by atoms with Gasteiger partial charge in [-0.1, -0.05) is 12.5 Å². The molecular weight excluding hydrogens is 337 g/mol. The van der Waals surface area contributed by atoms with E-state index in [9.17, 15) is 4.79 Å². The molecule has 0 radical (unpaired) electrons. The summed E-state index contributed by atoms with van der Waals surface area (Å²) in [6.45, 7) is 2.52. The number of carbonyl (C=O) groups is 1. The molecule has 1 unspecified atom stereocenters. The summed E-state index contributed by atoms with van der Waals surface area (Å²) in [6.07, 6.45) is 4.98. The molecule has 3 atom stereocenters. The van der Waals surface area contributed by atoms with Crippen LogP contribution in [0.2, 0.25) is 0 Å². The summed E-state index contributed by atoms with van der Waals surface area (Å²) >= 11 is 0. The molecule has 23 heavy (non-hydrogen) atoms. The number of rotatable bonds is 4. The Bertz CT molecular complexity index is 648. The number of nitrogens with two attached hydrogens (primary N) is 1. The van der Waals surface area contributed by atoms with Crippen molar-refractivity contribution >= 4 is 36.4 Å². The smallest absolute Gasteiger partial charge is 0.224 e. The largest absolute Gasteiger partial charge is 0.346 e. The van der Waals surface area contributed by atoms with E-state index in [1.165, 1.54) is 0 Å². The first-order valence-electron chi connectivity index (χ1n) is 7.51. The van der Waals surface area contributed by atoms with Gasteiger partial charge in [0.25, 0.3) is 0 Å². The molecule has 0 bridgehead atoms. The van der Waals surface area contributed by atoms with Gasteiger partial charge in [0, 0.05) is 12.1 Å². The molecule has 1 aliphatic rings. The minimum Gasteiger partial charge on any atom is -0.346 e. The number of carbonyl (C=O) groups excluding carboxylic acids is 1. The highest BCUT2D eigenvalue weighted by Gasteiger charge is 2.32. The SMILES string of the molecule is CC(NC(=O)[C@@H]1CCC[C@@H]1CN)c1nnc2ccccn12.Cl.Cl. The summed E-state index contributed by atoms with van der Waals surface area (Å²) < 4.78 is 1.90. The van der Waals surface area contributed by atoms with Crippen LogP contribution in [0.15, 0.2) is 24.4 Å². The van der Waals surface area contributed by atoms with Crippen molar-refractivity contribution in [3.8, 4) is 0 Å². The number of fused-ring (bicyclic) bond motifs is 1. The molecule has 1 fully saturated rings. The van der Waals surface area contributed by atoms with Crippen molar-refractivity contribution in [2.75, 3.05) is 6.54 Å². The molecular formula is C15H23Cl2N5O. The molecule has 128 valence electrons. The number of halogens is 2. The third-order valence-electron chi connectivity index (χ3n) is 4.38. The fourth-order valence-corrected chi connectivity index (χ4v) is 3.20. The molecule has 1 aliphatic carbocycles. The standard InChI is InChI=1S/C15H21N5O.2ClH/c1-10(14-19-18-13-7-2-3-8-20(13)14)17-15(21)12-6-4-5-11(12)9-16;;/h2-3,7-8,10-12H,4-6,9,16H2,1H3,(H,17,21);2*1H/t10?,11-,12-;;/m1../s1. The number of nitrogens with one attached hydrogen (secondary N) is 1. The van der Waals surface area contributed by atoms with Crippen molar-refractivity contribution in [1.82, 2.24) is 19.9 Å². The second-order valence-corrected chi connectivity index (χ2v) is 5.75. The van der Waals surface area contributed by atoms with Crippen molar-refractivity contribution in [3.05, 3.63) is 30.2 Å². The average Bonchev–Trinajstić information content (AvgIpc) is 3.13. The zero-order chi connectivity index (χ0) is 14.8. The number of amides is 1. The molecule has 6 nitrogen and oxygen atoms in total. The van der Waals surface area contributed by atoms with Gasteiger partial charge in [-0.3, -0.25) is 9.20 Å². The molecule has 0 aromatic carbocycles. The monoisotopic (exact) mass is 359 g/mol. The molecule has 3 rings (SSSR count). The molecule has 1 saturated carbocycles. The highest BCUT2D eigenvalue weighted by molar-refractivity contribution is 5.85.